The second kappa shape index (κ2) is 12.0. The summed E-state index contributed by atoms with van der Waals surface area (Å²) in [7, 11) is -3.89. The molecule has 6 heteroatoms. The van der Waals surface area contributed by atoms with Crippen molar-refractivity contribution >= 4 is 15.7 Å². The molecular formula is C34H43FN2O2S. The van der Waals surface area contributed by atoms with E-state index in [1.165, 1.54) is 42.9 Å². The quantitative estimate of drug-likeness (QED) is 0.291. The zero-order valence-electron chi connectivity index (χ0n) is 24.2. The van der Waals surface area contributed by atoms with Gasteiger partial charge in [-0.2, -0.15) is 0 Å². The van der Waals surface area contributed by atoms with Crippen LogP contribution in [0.4, 0.5) is 10.1 Å². The van der Waals surface area contributed by atoms with Crippen LogP contribution in [0.25, 0.3) is 0 Å². The average Bonchev–Trinajstić information content (AvgIpc) is 3.45. The predicted octanol–water partition coefficient (Wildman–Crippen LogP) is 7.65. The smallest absolute Gasteiger partial charge is 0.261 e. The molecule has 0 saturated heterocycles. The molecule has 0 atom stereocenters. The third-order valence-corrected chi connectivity index (χ3v) is 10.1. The van der Waals surface area contributed by atoms with Crippen LogP contribution in [-0.2, 0) is 41.2 Å². The van der Waals surface area contributed by atoms with E-state index in [1.54, 1.807) is 18.2 Å². The van der Waals surface area contributed by atoms with Crippen LogP contribution < -0.4 is 4.72 Å². The number of aryl methyl sites for hydroxylation is 1. The Morgan fingerprint density at radius 3 is 2.33 bits per heavy atom. The minimum atomic E-state index is -3.89. The van der Waals surface area contributed by atoms with Crippen molar-refractivity contribution in [3.63, 3.8) is 0 Å². The first kappa shape index (κ1) is 28.8. The first-order valence-corrected chi connectivity index (χ1v) is 16.3. The number of fused-ring (bicyclic) bond motifs is 1. The highest BCUT2D eigenvalue weighted by Crippen LogP contribution is 2.30. The molecule has 214 valence electrons. The summed E-state index contributed by atoms with van der Waals surface area (Å²) in [5.41, 5.74) is 5.97. The summed E-state index contributed by atoms with van der Waals surface area (Å²) in [6.07, 6.45) is 8.83. The second-order valence-corrected chi connectivity index (χ2v) is 14.4. The standard InChI is InChI=1S/C34H43FN2O2S/c1-34(2,3)30-14-10-26(11-15-30)18-20-37-21-19-28-23-31(16-13-29(28)24-37)40(38,39)36-33-17-12-27(22-32(33)35)9-8-25-6-4-5-7-25/h10-17,22-23,25,36H,4-9,18-21,24H2,1-3H3. The van der Waals surface area contributed by atoms with E-state index in [9.17, 15) is 12.8 Å². The fourth-order valence-electron chi connectivity index (χ4n) is 6.07. The van der Waals surface area contributed by atoms with Crippen LogP contribution in [0, 0.1) is 11.7 Å². The molecule has 5 rings (SSSR count). The summed E-state index contributed by atoms with van der Waals surface area (Å²) in [6, 6.07) is 19.1. The molecule has 1 aliphatic heterocycles. The Kier molecular flexibility index (Phi) is 8.67. The first-order valence-electron chi connectivity index (χ1n) is 14.8. The van der Waals surface area contributed by atoms with Crippen LogP contribution >= 0.6 is 0 Å². The molecule has 1 N–H and O–H groups in total. The monoisotopic (exact) mass is 562 g/mol. The molecular weight excluding hydrogens is 519 g/mol. The molecule has 0 radical (unpaired) electrons. The van der Waals surface area contributed by atoms with Gasteiger partial charge in [-0.25, -0.2) is 12.8 Å². The van der Waals surface area contributed by atoms with Gasteiger partial charge < -0.3 is 0 Å². The van der Waals surface area contributed by atoms with Crippen molar-refractivity contribution in [2.75, 3.05) is 17.8 Å². The van der Waals surface area contributed by atoms with E-state index >= 15 is 0 Å². The van der Waals surface area contributed by atoms with Crippen molar-refractivity contribution in [3.05, 3.63) is 94.3 Å². The Balaban J connectivity index is 1.17. The fourth-order valence-corrected chi connectivity index (χ4v) is 7.19. The lowest BCUT2D eigenvalue weighted by Crippen LogP contribution is -2.32. The third kappa shape index (κ3) is 7.13. The number of nitrogens with one attached hydrogen (secondary N) is 1. The molecule has 3 aromatic rings. The first-order chi connectivity index (χ1) is 19.1. The minimum absolute atomic E-state index is 0.00375. The fraction of sp³-hybridized carbons (Fsp3) is 0.471. The van der Waals surface area contributed by atoms with Gasteiger partial charge in [0.15, 0.2) is 0 Å². The SMILES string of the molecule is CC(C)(C)c1ccc(CCN2CCc3cc(S(=O)(=O)Nc4ccc(CCC5CCCC5)cc4F)ccc3C2)cc1. The largest absolute Gasteiger partial charge is 0.298 e. The van der Waals surface area contributed by atoms with Gasteiger partial charge in [0.25, 0.3) is 10.0 Å². The summed E-state index contributed by atoms with van der Waals surface area (Å²) < 4.78 is 43.6. The van der Waals surface area contributed by atoms with Crippen molar-refractivity contribution in [3.8, 4) is 0 Å². The average molecular weight is 563 g/mol. The van der Waals surface area contributed by atoms with Gasteiger partial charge in [-0.05, 0) is 89.1 Å². The number of hydrogen-bond donors (Lipinski definition) is 1. The normalized spacial score (nSPS) is 16.7. The highest BCUT2D eigenvalue weighted by atomic mass is 32.2. The molecule has 4 nitrogen and oxygen atoms in total. The van der Waals surface area contributed by atoms with Crippen LogP contribution in [0.1, 0.15) is 80.7 Å². The zero-order valence-corrected chi connectivity index (χ0v) is 25.0. The van der Waals surface area contributed by atoms with Gasteiger partial charge in [-0.3, -0.25) is 9.62 Å². The molecule has 1 aliphatic carbocycles. The number of sulfonamides is 1. The molecule has 0 unspecified atom stereocenters. The lowest BCUT2D eigenvalue weighted by Gasteiger charge is -2.29. The van der Waals surface area contributed by atoms with Crippen LogP contribution in [0.5, 0.6) is 0 Å². The van der Waals surface area contributed by atoms with Gasteiger partial charge in [-0.1, -0.05) is 82.9 Å². The Labute approximate surface area is 240 Å². The Bertz CT molecular complexity index is 1420. The molecule has 0 bridgehead atoms. The van der Waals surface area contributed by atoms with Gasteiger partial charge in [0.05, 0.1) is 10.6 Å². The highest BCUT2D eigenvalue weighted by molar-refractivity contribution is 7.92. The van der Waals surface area contributed by atoms with E-state index < -0.39 is 15.8 Å². The summed E-state index contributed by atoms with van der Waals surface area (Å²) in [6.45, 7) is 9.35. The topological polar surface area (TPSA) is 49.4 Å². The van der Waals surface area contributed by atoms with Gasteiger partial charge >= 0.3 is 0 Å². The minimum Gasteiger partial charge on any atom is -0.298 e. The van der Waals surface area contributed by atoms with Crippen LogP contribution in [-0.4, -0.2) is 26.4 Å². The molecule has 40 heavy (non-hydrogen) atoms. The second-order valence-electron chi connectivity index (χ2n) is 12.8. The van der Waals surface area contributed by atoms with Crippen molar-refractivity contribution in [2.24, 2.45) is 5.92 Å². The van der Waals surface area contributed by atoms with Crippen molar-refractivity contribution < 1.29 is 12.8 Å². The van der Waals surface area contributed by atoms with Crippen LogP contribution in [0.3, 0.4) is 0 Å². The van der Waals surface area contributed by atoms with E-state index in [2.05, 4.69) is 54.7 Å². The van der Waals surface area contributed by atoms with E-state index in [-0.39, 0.29) is 16.0 Å². The predicted molar refractivity (Wildman–Crippen MR) is 162 cm³/mol. The van der Waals surface area contributed by atoms with E-state index in [0.717, 1.165) is 67.9 Å². The van der Waals surface area contributed by atoms with Gasteiger partial charge in [0.2, 0.25) is 0 Å². The number of anilines is 1. The Hall–Kier alpha value is -2.70. The number of nitrogens with zero attached hydrogens (tertiary/aromatic N) is 1. The summed E-state index contributed by atoms with van der Waals surface area (Å²) >= 11 is 0. The number of benzene rings is 3. The van der Waals surface area contributed by atoms with Crippen molar-refractivity contribution in [1.82, 2.24) is 4.90 Å². The molecule has 1 fully saturated rings. The van der Waals surface area contributed by atoms with E-state index in [0.29, 0.717) is 0 Å². The lowest BCUT2D eigenvalue weighted by atomic mass is 9.86. The molecule has 2 aliphatic rings. The molecule has 0 spiro atoms. The maximum Gasteiger partial charge on any atom is 0.261 e. The van der Waals surface area contributed by atoms with Crippen LogP contribution in [0.2, 0.25) is 0 Å². The number of hydrogen-bond acceptors (Lipinski definition) is 3. The third-order valence-electron chi connectivity index (χ3n) is 8.71. The zero-order chi connectivity index (χ0) is 28.3. The highest BCUT2D eigenvalue weighted by Gasteiger charge is 2.22. The summed E-state index contributed by atoms with van der Waals surface area (Å²) in [5, 5.41) is 0. The molecule has 1 saturated carbocycles. The molecule has 0 aromatic heterocycles. The van der Waals surface area contributed by atoms with Crippen molar-refractivity contribution in [2.45, 2.75) is 89.0 Å². The van der Waals surface area contributed by atoms with Crippen molar-refractivity contribution in [1.29, 1.82) is 0 Å². The molecule has 3 aromatic carbocycles. The summed E-state index contributed by atoms with van der Waals surface area (Å²) in [5.74, 6) is 0.220. The van der Waals surface area contributed by atoms with Gasteiger partial charge in [0, 0.05) is 19.6 Å². The number of halogens is 1. The summed E-state index contributed by atoms with van der Waals surface area (Å²) in [4.78, 5) is 2.61. The maximum atomic E-state index is 14.8. The Morgan fingerprint density at radius 2 is 1.62 bits per heavy atom. The van der Waals surface area contributed by atoms with E-state index in [1.807, 2.05) is 12.1 Å². The Morgan fingerprint density at radius 1 is 0.900 bits per heavy atom. The number of rotatable bonds is 9. The molecule has 0 amide bonds. The maximum absolute atomic E-state index is 14.8. The van der Waals surface area contributed by atoms with Crippen LogP contribution in [0.15, 0.2) is 65.6 Å². The lowest BCUT2D eigenvalue weighted by molar-refractivity contribution is 0.257. The van der Waals surface area contributed by atoms with Gasteiger partial charge in [0.1, 0.15) is 5.82 Å². The van der Waals surface area contributed by atoms with Gasteiger partial charge in [-0.15, -0.1) is 0 Å². The molecule has 1 heterocycles. The van der Waals surface area contributed by atoms with E-state index in [4.69, 9.17) is 0 Å².